The Morgan fingerprint density at radius 3 is 2.29 bits per heavy atom. The molecule has 0 amide bonds. The predicted molar refractivity (Wildman–Crippen MR) is 204 cm³/mol. The molecule has 1 spiro atoms. The molecule has 59 heavy (non-hydrogen) atoms. The minimum Gasteiger partial charge on any atom is -0.502 e. The van der Waals surface area contributed by atoms with Gasteiger partial charge in [-0.05, 0) is 104 Å². The van der Waals surface area contributed by atoms with E-state index in [4.69, 9.17) is 33.2 Å². The number of aromatic hydroxyl groups is 1. The highest BCUT2D eigenvalue weighted by molar-refractivity contribution is 5.87. The van der Waals surface area contributed by atoms with Crippen LogP contribution in [0.1, 0.15) is 70.8 Å². The van der Waals surface area contributed by atoms with Gasteiger partial charge in [0.2, 0.25) is 5.75 Å². The molecule has 7 rings (SSSR count). The van der Waals surface area contributed by atoms with Gasteiger partial charge in [-0.2, -0.15) is 0 Å². The number of carbonyl (C=O) groups excluding carboxylic acids is 2. The summed E-state index contributed by atoms with van der Waals surface area (Å²) in [6.07, 6.45) is -2.46. The highest BCUT2D eigenvalue weighted by Crippen LogP contribution is 2.73. The molecule has 2 aliphatic heterocycles. The lowest BCUT2D eigenvalue weighted by Gasteiger charge is -2.64. The fourth-order valence-corrected chi connectivity index (χ4v) is 12.0. The van der Waals surface area contributed by atoms with E-state index in [0.717, 1.165) is 50.9 Å². The first kappa shape index (κ1) is 44.1. The number of aliphatic hydroxyl groups is 7. The Balaban J connectivity index is 0.951. The van der Waals surface area contributed by atoms with Crippen molar-refractivity contribution in [2.45, 2.75) is 126 Å². The number of ether oxygens (including phenoxy) is 7. The maximum atomic E-state index is 13.2. The lowest BCUT2D eigenvalue weighted by atomic mass is 9.40. The van der Waals surface area contributed by atoms with E-state index in [-0.39, 0.29) is 52.4 Å². The van der Waals surface area contributed by atoms with Gasteiger partial charge < -0.3 is 78.8 Å². The van der Waals surface area contributed by atoms with Gasteiger partial charge in [0.25, 0.3) is 0 Å². The number of rotatable bonds is 13. The van der Waals surface area contributed by atoms with Crippen molar-refractivity contribution in [2.24, 2.45) is 34.0 Å². The van der Waals surface area contributed by atoms with Crippen LogP contribution in [-0.2, 0) is 33.3 Å². The standard InChI is InChI=1S/C42H60O17/c1-38-11-10-29(39(2,18-43)27(38)9-12-40-15-23(6-7-28(38)40)41(51,17-40)19-44)59-36-34(49)33(48)32(47)26(58-36)16-55-37-35(50)42(52,21-57-37)20-56-30(45)8-5-22-13-24(53-3)31(46)25(14-22)54-4/h5,8,13-14,18,23,26-29,32-37,44,46-52H,6-7,9-12,15-17,19-21H2,1-4H3/b8-5+/t23-,26-,27+,28+,29+,32-,33+,34-,35+,36+,37-,38-,39-,40+,41+,42-/m1/s1. The van der Waals surface area contributed by atoms with Crippen molar-refractivity contribution in [2.75, 3.05) is 40.6 Å². The summed E-state index contributed by atoms with van der Waals surface area (Å²) in [5.74, 6) is -0.614. The minimum atomic E-state index is -2.07. The van der Waals surface area contributed by atoms with Crippen LogP contribution in [0.3, 0.4) is 0 Å². The molecule has 1 aromatic carbocycles. The first-order valence-electron chi connectivity index (χ1n) is 20.5. The molecule has 8 N–H and O–H groups in total. The molecule has 6 aliphatic rings. The van der Waals surface area contributed by atoms with Crippen molar-refractivity contribution >= 4 is 18.3 Å². The molecule has 17 heteroatoms. The van der Waals surface area contributed by atoms with Crippen LogP contribution >= 0.6 is 0 Å². The average molecular weight is 837 g/mol. The van der Waals surface area contributed by atoms with Gasteiger partial charge in [-0.1, -0.05) is 13.8 Å². The van der Waals surface area contributed by atoms with E-state index in [0.29, 0.717) is 18.4 Å². The van der Waals surface area contributed by atoms with E-state index < -0.39 is 91.6 Å². The van der Waals surface area contributed by atoms with Crippen LogP contribution in [0.2, 0.25) is 0 Å². The van der Waals surface area contributed by atoms with Gasteiger partial charge in [-0.3, -0.25) is 0 Å². The summed E-state index contributed by atoms with van der Waals surface area (Å²) in [6, 6.07) is 2.93. The van der Waals surface area contributed by atoms with Gasteiger partial charge in [0.05, 0.1) is 51.2 Å². The Hall–Kier alpha value is -2.94. The van der Waals surface area contributed by atoms with Crippen molar-refractivity contribution in [3.8, 4) is 17.2 Å². The van der Waals surface area contributed by atoms with Crippen LogP contribution in [0.4, 0.5) is 0 Å². The third-order valence-electron chi connectivity index (χ3n) is 15.1. The predicted octanol–water partition coefficient (Wildman–Crippen LogP) is 0.569. The van der Waals surface area contributed by atoms with Crippen molar-refractivity contribution in [1.82, 2.24) is 0 Å². The molecule has 2 bridgehead atoms. The summed E-state index contributed by atoms with van der Waals surface area (Å²) in [5, 5.41) is 86.4. The summed E-state index contributed by atoms with van der Waals surface area (Å²) in [7, 11) is 2.71. The minimum absolute atomic E-state index is 0.0629. The Kier molecular flexibility index (Phi) is 12.3. The average Bonchev–Trinajstić information content (AvgIpc) is 3.63. The number of methoxy groups -OCH3 is 2. The number of phenols is 1. The van der Waals surface area contributed by atoms with E-state index in [1.807, 2.05) is 6.92 Å². The van der Waals surface area contributed by atoms with Crippen molar-refractivity contribution in [3.63, 3.8) is 0 Å². The molecule has 2 heterocycles. The number of fused-ring (bicyclic) bond motifs is 3. The maximum absolute atomic E-state index is 13.2. The molecular weight excluding hydrogens is 776 g/mol. The number of aldehydes is 1. The third kappa shape index (κ3) is 7.57. The quantitative estimate of drug-likeness (QED) is 0.0585. The molecule has 6 fully saturated rings. The highest BCUT2D eigenvalue weighted by Gasteiger charge is 2.69. The fourth-order valence-electron chi connectivity index (χ4n) is 12.0. The Bertz CT molecular complexity index is 1720. The van der Waals surface area contributed by atoms with Crippen LogP contribution in [0.25, 0.3) is 6.08 Å². The molecule has 0 radical (unpaired) electrons. The summed E-state index contributed by atoms with van der Waals surface area (Å²) >= 11 is 0. The summed E-state index contributed by atoms with van der Waals surface area (Å²) in [5.41, 5.74) is -4.05. The van der Waals surface area contributed by atoms with Gasteiger partial charge >= 0.3 is 5.97 Å². The van der Waals surface area contributed by atoms with Crippen LogP contribution in [0, 0.1) is 34.0 Å². The largest absolute Gasteiger partial charge is 0.502 e. The molecule has 0 unspecified atom stereocenters. The number of carbonyl (C=O) groups is 2. The molecule has 2 saturated heterocycles. The first-order valence-corrected chi connectivity index (χ1v) is 20.5. The van der Waals surface area contributed by atoms with Crippen molar-refractivity contribution in [3.05, 3.63) is 23.8 Å². The second kappa shape index (κ2) is 16.4. The lowest BCUT2D eigenvalue weighted by Crippen LogP contribution is -2.64. The van der Waals surface area contributed by atoms with Crippen LogP contribution in [0.15, 0.2) is 18.2 Å². The summed E-state index contributed by atoms with van der Waals surface area (Å²) in [6.45, 7) is 2.22. The Labute approximate surface area is 342 Å². The zero-order chi connectivity index (χ0) is 42.7. The molecule has 0 aromatic heterocycles. The Morgan fingerprint density at radius 1 is 0.915 bits per heavy atom. The van der Waals surface area contributed by atoms with Crippen LogP contribution in [0.5, 0.6) is 17.2 Å². The van der Waals surface area contributed by atoms with E-state index in [9.17, 15) is 50.4 Å². The van der Waals surface area contributed by atoms with Gasteiger partial charge in [-0.25, -0.2) is 4.79 Å². The van der Waals surface area contributed by atoms with Crippen LogP contribution < -0.4 is 9.47 Å². The SMILES string of the molecule is COc1cc(/C=C/C(=O)OC[C@@]2(O)CO[C@@H](OC[C@H]3O[C@@H](O[C@H]4CC[C@@]5(C)[C@@H]6CC[C@@H]7C[C@@]6(CC[C@@H]5[C@@]4(C)C=O)C[C@]7(O)CO)[C@H](O)[C@@H](O)[C@@H]3O)[C@@H]2O)cc(OC)c1O. The van der Waals surface area contributed by atoms with E-state index in [1.165, 1.54) is 32.4 Å². The number of benzene rings is 1. The Morgan fingerprint density at radius 2 is 1.63 bits per heavy atom. The topological polar surface area (TPSA) is 261 Å². The fraction of sp³-hybridized carbons (Fsp3) is 0.762. The lowest BCUT2D eigenvalue weighted by molar-refractivity contribution is -0.332. The highest BCUT2D eigenvalue weighted by atomic mass is 16.7. The smallest absolute Gasteiger partial charge is 0.330 e. The van der Waals surface area contributed by atoms with E-state index in [1.54, 1.807) is 0 Å². The molecule has 17 nitrogen and oxygen atoms in total. The van der Waals surface area contributed by atoms with Gasteiger partial charge in [-0.15, -0.1) is 0 Å². The molecule has 330 valence electrons. The molecular formula is C42H60O17. The number of esters is 1. The maximum Gasteiger partial charge on any atom is 0.330 e. The number of hydrogen-bond acceptors (Lipinski definition) is 17. The van der Waals surface area contributed by atoms with Crippen molar-refractivity contribution < 1.29 is 83.6 Å². The van der Waals surface area contributed by atoms with Gasteiger partial charge in [0.1, 0.15) is 43.4 Å². The monoisotopic (exact) mass is 836 g/mol. The summed E-state index contributed by atoms with van der Waals surface area (Å²) < 4.78 is 39.0. The number of hydrogen-bond donors (Lipinski definition) is 8. The molecule has 4 saturated carbocycles. The van der Waals surface area contributed by atoms with Gasteiger partial charge in [0.15, 0.2) is 29.7 Å². The second-order valence-electron chi connectivity index (χ2n) is 18.4. The van der Waals surface area contributed by atoms with Crippen LogP contribution in [-0.4, -0.2) is 154 Å². The first-order chi connectivity index (χ1) is 27.9. The third-order valence-corrected chi connectivity index (χ3v) is 15.1. The van der Waals surface area contributed by atoms with Crippen molar-refractivity contribution in [1.29, 1.82) is 0 Å². The van der Waals surface area contributed by atoms with E-state index in [2.05, 4.69) is 6.92 Å². The zero-order valence-electron chi connectivity index (χ0n) is 34.0. The zero-order valence-corrected chi connectivity index (χ0v) is 34.0. The molecule has 16 atom stereocenters. The second-order valence-corrected chi connectivity index (χ2v) is 18.4. The number of phenolic OH excluding ortho intramolecular Hbond substituents is 1. The molecule has 4 aliphatic carbocycles. The number of aliphatic hydroxyl groups excluding tert-OH is 5. The summed E-state index contributed by atoms with van der Waals surface area (Å²) in [4.78, 5) is 25.7. The van der Waals surface area contributed by atoms with Gasteiger partial charge in [0, 0.05) is 6.08 Å². The van der Waals surface area contributed by atoms with E-state index >= 15 is 0 Å². The molecule has 1 aromatic rings. The normalized spacial score (nSPS) is 45.4.